The average molecular weight is 514 g/mol. The molecule has 0 aromatic heterocycles. The highest BCUT2D eigenvalue weighted by molar-refractivity contribution is 6.05. The molecule has 3 rings (SSSR count). The van der Waals surface area contributed by atoms with Gasteiger partial charge < -0.3 is 20.3 Å². The molecule has 11 heteroatoms. The van der Waals surface area contributed by atoms with E-state index in [2.05, 4.69) is 15.5 Å². The SMILES string of the molecule is CC(C)CCN(C(=O)c1cccc(NC(=O)N2CCNCC2CCN2CCOCC2)c1)C(=O)N(C)C#N. The molecule has 1 aromatic carbocycles. The number of hydrogen-bond donors (Lipinski definition) is 2. The first-order valence-electron chi connectivity index (χ1n) is 13.0. The minimum atomic E-state index is -0.675. The average Bonchev–Trinajstić information content (AvgIpc) is 2.92. The molecule has 202 valence electrons. The fourth-order valence-electron chi connectivity index (χ4n) is 4.42. The number of urea groups is 2. The summed E-state index contributed by atoms with van der Waals surface area (Å²) >= 11 is 0. The van der Waals surface area contributed by atoms with Crippen molar-refractivity contribution in [2.45, 2.75) is 32.7 Å². The van der Waals surface area contributed by atoms with Crippen LogP contribution in [0.1, 0.15) is 37.0 Å². The lowest BCUT2D eigenvalue weighted by molar-refractivity contribution is 0.0334. The number of carbonyl (C=O) groups is 3. The van der Waals surface area contributed by atoms with E-state index >= 15 is 0 Å². The van der Waals surface area contributed by atoms with Crippen molar-refractivity contribution in [3.8, 4) is 6.19 Å². The van der Waals surface area contributed by atoms with Gasteiger partial charge in [-0.3, -0.25) is 14.6 Å². The Morgan fingerprint density at radius 2 is 2.00 bits per heavy atom. The zero-order valence-electron chi connectivity index (χ0n) is 22.1. The van der Waals surface area contributed by atoms with Crippen molar-refractivity contribution in [2.24, 2.45) is 5.92 Å². The monoisotopic (exact) mass is 513 g/mol. The zero-order chi connectivity index (χ0) is 26.8. The predicted molar refractivity (Wildman–Crippen MR) is 140 cm³/mol. The summed E-state index contributed by atoms with van der Waals surface area (Å²) in [5, 5.41) is 15.4. The maximum absolute atomic E-state index is 13.3. The number of hydrogen-bond acceptors (Lipinski definition) is 7. The number of benzene rings is 1. The third-order valence-corrected chi connectivity index (χ3v) is 6.70. The fraction of sp³-hybridized carbons (Fsp3) is 0.615. The molecule has 2 aliphatic heterocycles. The summed E-state index contributed by atoms with van der Waals surface area (Å²) < 4.78 is 5.42. The van der Waals surface area contributed by atoms with Gasteiger partial charge in [0.1, 0.15) is 0 Å². The lowest BCUT2D eigenvalue weighted by Crippen LogP contribution is -2.55. The second kappa shape index (κ2) is 13.9. The Kier molecular flexibility index (Phi) is 10.7. The Bertz CT molecular complexity index is 974. The molecule has 2 fully saturated rings. The first kappa shape index (κ1) is 28.4. The topological polar surface area (TPSA) is 121 Å². The molecule has 5 amide bonds. The molecule has 0 aliphatic carbocycles. The van der Waals surface area contributed by atoms with Crippen molar-refractivity contribution in [1.82, 2.24) is 24.9 Å². The molecule has 1 atom stereocenters. The molecule has 2 heterocycles. The predicted octanol–water partition coefficient (Wildman–Crippen LogP) is 2.24. The van der Waals surface area contributed by atoms with Crippen molar-refractivity contribution >= 4 is 23.7 Å². The summed E-state index contributed by atoms with van der Waals surface area (Å²) in [5.74, 6) is -0.231. The highest BCUT2D eigenvalue weighted by Crippen LogP contribution is 2.18. The van der Waals surface area contributed by atoms with Gasteiger partial charge in [0.25, 0.3) is 5.91 Å². The first-order valence-corrected chi connectivity index (χ1v) is 13.0. The van der Waals surface area contributed by atoms with Gasteiger partial charge in [-0.1, -0.05) is 19.9 Å². The smallest absolute Gasteiger partial charge is 0.339 e. The molecular weight excluding hydrogens is 474 g/mol. The third-order valence-electron chi connectivity index (χ3n) is 6.70. The number of nitrogens with one attached hydrogen (secondary N) is 2. The number of nitrogens with zero attached hydrogens (tertiary/aromatic N) is 5. The van der Waals surface area contributed by atoms with Crippen molar-refractivity contribution < 1.29 is 19.1 Å². The second-order valence-electron chi connectivity index (χ2n) is 9.89. The maximum atomic E-state index is 13.3. The fourth-order valence-corrected chi connectivity index (χ4v) is 4.42. The Morgan fingerprint density at radius 3 is 2.70 bits per heavy atom. The van der Waals surface area contributed by atoms with Crippen LogP contribution in [0.5, 0.6) is 0 Å². The standard InChI is InChI=1S/C26H39N7O4/c1-20(2)7-11-33(26(36)30(3)19-27)24(34)21-5-4-6-22(17-21)29-25(35)32-12-9-28-18-23(32)8-10-31-13-15-37-16-14-31/h4-6,17,20,23,28H,7-16,18H2,1-3H3,(H,29,35). The van der Waals surface area contributed by atoms with E-state index in [-0.39, 0.29) is 30.1 Å². The van der Waals surface area contributed by atoms with E-state index in [4.69, 9.17) is 10.00 Å². The summed E-state index contributed by atoms with van der Waals surface area (Å²) in [5.41, 5.74) is 0.747. The number of nitriles is 1. The normalized spacial score (nSPS) is 18.2. The van der Waals surface area contributed by atoms with Gasteiger partial charge in [-0.25, -0.2) is 14.5 Å². The van der Waals surface area contributed by atoms with Crippen LogP contribution in [0.3, 0.4) is 0 Å². The van der Waals surface area contributed by atoms with E-state index in [0.717, 1.165) is 62.2 Å². The molecule has 1 aromatic rings. The van der Waals surface area contributed by atoms with Gasteiger partial charge in [0.05, 0.1) is 13.2 Å². The molecule has 37 heavy (non-hydrogen) atoms. The van der Waals surface area contributed by atoms with Crippen LogP contribution in [0.15, 0.2) is 24.3 Å². The van der Waals surface area contributed by atoms with Crippen molar-refractivity contribution in [2.75, 3.05) is 71.4 Å². The molecule has 0 spiro atoms. The summed E-state index contributed by atoms with van der Waals surface area (Å²) in [6, 6.07) is 5.76. The maximum Gasteiger partial charge on any atom is 0.339 e. The highest BCUT2D eigenvalue weighted by atomic mass is 16.5. The minimum absolute atomic E-state index is 0.0621. The molecule has 2 aliphatic rings. The van der Waals surface area contributed by atoms with E-state index in [1.165, 1.54) is 7.05 Å². The van der Waals surface area contributed by atoms with Crippen LogP contribution >= 0.6 is 0 Å². The number of amides is 5. The summed E-state index contributed by atoms with van der Waals surface area (Å²) in [6.45, 7) is 10.5. The quantitative estimate of drug-likeness (QED) is 0.404. The number of piperazine rings is 1. The third kappa shape index (κ3) is 8.15. The first-order chi connectivity index (χ1) is 17.8. The number of rotatable bonds is 8. The summed E-state index contributed by atoms with van der Waals surface area (Å²) in [6.07, 6.45) is 3.23. The van der Waals surface area contributed by atoms with E-state index in [1.807, 2.05) is 18.7 Å². The molecular formula is C26H39N7O4. The van der Waals surface area contributed by atoms with Crippen molar-refractivity contribution in [1.29, 1.82) is 5.26 Å². The van der Waals surface area contributed by atoms with Gasteiger partial charge >= 0.3 is 12.1 Å². The van der Waals surface area contributed by atoms with Gasteiger partial charge in [-0.2, -0.15) is 5.26 Å². The second-order valence-corrected chi connectivity index (χ2v) is 9.89. The molecule has 0 saturated carbocycles. The summed E-state index contributed by atoms with van der Waals surface area (Å²) in [7, 11) is 1.33. The highest BCUT2D eigenvalue weighted by Gasteiger charge is 2.29. The molecule has 2 N–H and O–H groups in total. The Hall–Kier alpha value is -3.20. The van der Waals surface area contributed by atoms with E-state index in [0.29, 0.717) is 18.7 Å². The Labute approximate surface area is 219 Å². The lowest BCUT2D eigenvalue weighted by Gasteiger charge is -2.37. The molecule has 0 bridgehead atoms. The van der Waals surface area contributed by atoms with Crippen LogP contribution in [0, 0.1) is 17.4 Å². The van der Waals surface area contributed by atoms with Crippen LogP contribution in [0.25, 0.3) is 0 Å². The molecule has 2 saturated heterocycles. The van der Waals surface area contributed by atoms with Gasteiger partial charge in [0, 0.05) is 70.2 Å². The van der Waals surface area contributed by atoms with E-state index in [1.54, 1.807) is 30.5 Å². The van der Waals surface area contributed by atoms with E-state index < -0.39 is 11.9 Å². The van der Waals surface area contributed by atoms with Gasteiger partial charge in [0.2, 0.25) is 0 Å². The minimum Gasteiger partial charge on any atom is -0.379 e. The number of imide groups is 1. The molecule has 0 radical (unpaired) electrons. The van der Waals surface area contributed by atoms with Crippen LogP contribution in [0.2, 0.25) is 0 Å². The summed E-state index contributed by atoms with van der Waals surface area (Å²) in [4.78, 5) is 45.3. The molecule has 11 nitrogen and oxygen atoms in total. The zero-order valence-corrected chi connectivity index (χ0v) is 22.1. The van der Waals surface area contributed by atoms with Gasteiger partial charge in [-0.05, 0) is 37.0 Å². The lowest BCUT2D eigenvalue weighted by atomic mass is 10.1. The van der Waals surface area contributed by atoms with Gasteiger partial charge in [-0.15, -0.1) is 0 Å². The number of carbonyl (C=O) groups excluding carboxylic acids is 3. The Morgan fingerprint density at radius 1 is 1.24 bits per heavy atom. The van der Waals surface area contributed by atoms with Crippen molar-refractivity contribution in [3.05, 3.63) is 29.8 Å². The van der Waals surface area contributed by atoms with Crippen LogP contribution in [-0.4, -0.2) is 110 Å². The number of anilines is 1. The van der Waals surface area contributed by atoms with Crippen molar-refractivity contribution in [3.63, 3.8) is 0 Å². The van der Waals surface area contributed by atoms with Gasteiger partial charge in [0.15, 0.2) is 6.19 Å². The van der Waals surface area contributed by atoms with Crippen LogP contribution in [-0.2, 0) is 4.74 Å². The van der Waals surface area contributed by atoms with Crippen LogP contribution < -0.4 is 10.6 Å². The van der Waals surface area contributed by atoms with E-state index in [9.17, 15) is 14.4 Å². The molecule has 1 unspecified atom stereocenters. The largest absolute Gasteiger partial charge is 0.379 e. The number of ether oxygens (including phenoxy) is 1. The Balaban J connectivity index is 1.67. The number of morpholine rings is 1. The van der Waals surface area contributed by atoms with Crippen LogP contribution in [0.4, 0.5) is 15.3 Å².